The lowest BCUT2D eigenvalue weighted by molar-refractivity contribution is 0.0947. The SMILES string of the molecule is O=C(NCCN1CCNCC1)c1ccc(Oc2cccc(Cl)c2Cl)nc1. The largest absolute Gasteiger partial charge is 0.437 e. The molecule has 1 aromatic carbocycles. The van der Waals surface area contributed by atoms with Gasteiger partial charge in [-0.25, -0.2) is 4.98 Å². The summed E-state index contributed by atoms with van der Waals surface area (Å²) in [5, 5.41) is 6.95. The van der Waals surface area contributed by atoms with Crippen LogP contribution in [0.25, 0.3) is 0 Å². The van der Waals surface area contributed by atoms with E-state index in [0.29, 0.717) is 33.8 Å². The van der Waals surface area contributed by atoms with Crippen molar-refractivity contribution in [3.05, 3.63) is 52.1 Å². The zero-order valence-electron chi connectivity index (χ0n) is 14.2. The standard InChI is InChI=1S/C18H20Cl2N4O2/c19-14-2-1-3-15(17(14)20)26-16-5-4-13(12-23-16)18(25)22-8-11-24-9-6-21-7-10-24/h1-5,12,21H,6-11H2,(H,22,25). The highest BCUT2D eigenvalue weighted by atomic mass is 35.5. The first kappa shape index (κ1) is 18.9. The van der Waals surface area contributed by atoms with Gasteiger partial charge in [-0.05, 0) is 18.2 Å². The first-order valence-corrected chi connectivity index (χ1v) is 9.18. The Hall–Kier alpha value is -1.86. The summed E-state index contributed by atoms with van der Waals surface area (Å²) in [4.78, 5) is 18.7. The summed E-state index contributed by atoms with van der Waals surface area (Å²) in [5.41, 5.74) is 0.481. The van der Waals surface area contributed by atoms with E-state index in [1.807, 2.05) is 0 Å². The molecule has 1 aliphatic rings. The third kappa shape index (κ3) is 5.08. The maximum atomic E-state index is 12.2. The molecule has 1 aliphatic heterocycles. The van der Waals surface area contributed by atoms with Gasteiger partial charge in [-0.1, -0.05) is 29.3 Å². The average molecular weight is 395 g/mol. The molecule has 1 fully saturated rings. The molecule has 26 heavy (non-hydrogen) atoms. The van der Waals surface area contributed by atoms with Crippen LogP contribution < -0.4 is 15.4 Å². The quantitative estimate of drug-likeness (QED) is 0.788. The molecule has 0 spiro atoms. The van der Waals surface area contributed by atoms with Crippen molar-refractivity contribution in [2.75, 3.05) is 39.3 Å². The number of amides is 1. The molecule has 2 N–H and O–H groups in total. The van der Waals surface area contributed by atoms with Crippen molar-refractivity contribution in [3.63, 3.8) is 0 Å². The van der Waals surface area contributed by atoms with E-state index in [0.717, 1.165) is 32.7 Å². The molecule has 0 atom stereocenters. The Balaban J connectivity index is 1.51. The molecule has 0 bridgehead atoms. The summed E-state index contributed by atoms with van der Waals surface area (Å²) in [6.45, 7) is 5.46. The molecule has 1 saturated heterocycles. The second-order valence-electron chi connectivity index (χ2n) is 5.89. The monoisotopic (exact) mass is 394 g/mol. The molecule has 1 amide bonds. The summed E-state index contributed by atoms with van der Waals surface area (Å²) in [7, 11) is 0. The minimum atomic E-state index is -0.153. The number of nitrogens with zero attached hydrogens (tertiary/aromatic N) is 2. The smallest absolute Gasteiger partial charge is 0.252 e. The number of pyridine rings is 1. The van der Waals surface area contributed by atoms with E-state index in [1.165, 1.54) is 6.20 Å². The van der Waals surface area contributed by atoms with Crippen LogP contribution in [0.15, 0.2) is 36.5 Å². The van der Waals surface area contributed by atoms with E-state index < -0.39 is 0 Å². The Morgan fingerprint density at radius 2 is 2.04 bits per heavy atom. The summed E-state index contributed by atoms with van der Waals surface area (Å²) in [6.07, 6.45) is 1.48. The van der Waals surface area contributed by atoms with Crippen LogP contribution in [0.1, 0.15) is 10.4 Å². The molecule has 6 nitrogen and oxygen atoms in total. The lowest BCUT2D eigenvalue weighted by Gasteiger charge is -2.27. The molecule has 1 aromatic heterocycles. The van der Waals surface area contributed by atoms with Crippen molar-refractivity contribution in [1.29, 1.82) is 0 Å². The Morgan fingerprint density at radius 3 is 2.77 bits per heavy atom. The first-order chi connectivity index (χ1) is 12.6. The number of aromatic nitrogens is 1. The number of carbonyl (C=O) groups excluding carboxylic acids is 1. The van der Waals surface area contributed by atoms with Crippen LogP contribution >= 0.6 is 23.2 Å². The lowest BCUT2D eigenvalue weighted by Crippen LogP contribution is -2.46. The Morgan fingerprint density at radius 1 is 1.23 bits per heavy atom. The van der Waals surface area contributed by atoms with Gasteiger partial charge in [0.2, 0.25) is 5.88 Å². The Bertz CT molecular complexity index is 749. The predicted molar refractivity (Wildman–Crippen MR) is 102 cm³/mol. The van der Waals surface area contributed by atoms with E-state index in [1.54, 1.807) is 30.3 Å². The third-order valence-electron chi connectivity index (χ3n) is 4.05. The van der Waals surface area contributed by atoms with E-state index in [2.05, 4.69) is 20.5 Å². The van der Waals surface area contributed by atoms with Gasteiger partial charge < -0.3 is 15.4 Å². The zero-order chi connectivity index (χ0) is 18.4. The van der Waals surface area contributed by atoms with Gasteiger partial charge >= 0.3 is 0 Å². The zero-order valence-corrected chi connectivity index (χ0v) is 15.7. The predicted octanol–water partition coefficient (Wildman–Crippen LogP) is 2.82. The molecule has 8 heteroatoms. The fraction of sp³-hybridized carbons (Fsp3) is 0.333. The summed E-state index contributed by atoms with van der Waals surface area (Å²) < 4.78 is 5.61. The number of nitrogens with one attached hydrogen (secondary N) is 2. The van der Waals surface area contributed by atoms with E-state index in [4.69, 9.17) is 27.9 Å². The second-order valence-corrected chi connectivity index (χ2v) is 6.67. The van der Waals surface area contributed by atoms with Gasteiger partial charge in [0.25, 0.3) is 5.91 Å². The van der Waals surface area contributed by atoms with Crippen LogP contribution in [-0.4, -0.2) is 55.1 Å². The number of hydrogen-bond acceptors (Lipinski definition) is 5. The number of ether oxygens (including phenoxy) is 1. The summed E-state index contributed by atoms with van der Waals surface area (Å²) in [5.74, 6) is 0.603. The number of rotatable bonds is 6. The molecule has 0 saturated carbocycles. The topological polar surface area (TPSA) is 66.5 Å². The van der Waals surface area contributed by atoms with Crippen LogP contribution in [0.4, 0.5) is 0 Å². The molecular weight excluding hydrogens is 375 g/mol. The third-order valence-corrected chi connectivity index (χ3v) is 4.85. The molecule has 2 aromatic rings. The average Bonchev–Trinajstić information content (AvgIpc) is 2.67. The van der Waals surface area contributed by atoms with Gasteiger partial charge in [0, 0.05) is 51.5 Å². The van der Waals surface area contributed by atoms with Gasteiger partial charge in [-0.3, -0.25) is 9.69 Å². The van der Waals surface area contributed by atoms with E-state index in [-0.39, 0.29) is 5.91 Å². The van der Waals surface area contributed by atoms with Crippen molar-refractivity contribution in [2.45, 2.75) is 0 Å². The normalized spacial score (nSPS) is 14.8. The number of piperazine rings is 1. The molecular formula is C18H20Cl2N4O2. The molecule has 0 aliphatic carbocycles. The van der Waals surface area contributed by atoms with Crippen molar-refractivity contribution in [2.24, 2.45) is 0 Å². The maximum Gasteiger partial charge on any atom is 0.252 e. The summed E-state index contributed by atoms with van der Waals surface area (Å²) >= 11 is 12.0. The molecule has 138 valence electrons. The second kappa shape index (κ2) is 9.19. The van der Waals surface area contributed by atoms with Crippen molar-refractivity contribution < 1.29 is 9.53 Å². The Labute approximate surface area is 162 Å². The van der Waals surface area contributed by atoms with Gasteiger partial charge in [0.1, 0.15) is 10.8 Å². The van der Waals surface area contributed by atoms with Crippen LogP contribution in [0.3, 0.4) is 0 Å². The van der Waals surface area contributed by atoms with Crippen LogP contribution in [-0.2, 0) is 0 Å². The van der Waals surface area contributed by atoms with Crippen LogP contribution in [0, 0.1) is 0 Å². The highest BCUT2D eigenvalue weighted by Crippen LogP contribution is 2.33. The van der Waals surface area contributed by atoms with Gasteiger partial charge in [0.05, 0.1) is 10.6 Å². The molecule has 2 heterocycles. The van der Waals surface area contributed by atoms with Crippen molar-refractivity contribution >= 4 is 29.1 Å². The fourth-order valence-electron chi connectivity index (χ4n) is 2.61. The molecule has 0 unspecified atom stereocenters. The number of benzene rings is 1. The number of carbonyl (C=O) groups is 1. The maximum absolute atomic E-state index is 12.2. The first-order valence-electron chi connectivity index (χ1n) is 8.42. The lowest BCUT2D eigenvalue weighted by atomic mass is 10.2. The highest BCUT2D eigenvalue weighted by molar-refractivity contribution is 6.42. The van der Waals surface area contributed by atoms with Crippen molar-refractivity contribution in [3.8, 4) is 11.6 Å². The van der Waals surface area contributed by atoms with Crippen LogP contribution in [0.2, 0.25) is 10.0 Å². The van der Waals surface area contributed by atoms with Crippen molar-refractivity contribution in [1.82, 2.24) is 20.5 Å². The minimum Gasteiger partial charge on any atom is -0.437 e. The van der Waals surface area contributed by atoms with Gasteiger partial charge in [0.15, 0.2) is 0 Å². The van der Waals surface area contributed by atoms with Gasteiger partial charge in [-0.2, -0.15) is 0 Å². The Kier molecular flexibility index (Phi) is 6.68. The van der Waals surface area contributed by atoms with Crippen LogP contribution in [0.5, 0.6) is 11.6 Å². The minimum absolute atomic E-state index is 0.153. The molecule has 3 rings (SSSR count). The number of hydrogen-bond donors (Lipinski definition) is 2. The van der Waals surface area contributed by atoms with E-state index >= 15 is 0 Å². The number of halogens is 2. The summed E-state index contributed by atoms with van der Waals surface area (Å²) in [6, 6.07) is 8.41. The fourth-order valence-corrected chi connectivity index (χ4v) is 2.95. The van der Waals surface area contributed by atoms with E-state index in [9.17, 15) is 4.79 Å². The molecule has 0 radical (unpaired) electrons. The highest BCUT2D eigenvalue weighted by Gasteiger charge is 2.11. The van der Waals surface area contributed by atoms with Gasteiger partial charge in [-0.15, -0.1) is 0 Å².